The molecule has 0 atom stereocenters. The molecule has 9 heteroatoms. The SMILES string of the molecule is CCOC(=O)c1c(N=[N+]=[N-])c(-c2ccccc2)n(COC(CO)CO)c1C. The number of esters is 1. The average Bonchev–Trinajstić information content (AvgIpc) is 2.95. The van der Waals surface area contributed by atoms with E-state index in [9.17, 15) is 15.0 Å². The molecule has 0 aliphatic carbocycles. The standard InChI is InChI=1S/C18H22N4O5/c1-3-26-18(25)15-12(2)22(11-27-14(9-23)10-24)17(16(15)20-21-19)13-7-5-4-6-8-13/h4-8,14,23-24H,3,9-11H2,1-2H3. The van der Waals surface area contributed by atoms with Crippen LogP contribution < -0.4 is 0 Å². The monoisotopic (exact) mass is 374 g/mol. The molecule has 0 saturated carbocycles. The van der Waals surface area contributed by atoms with Gasteiger partial charge in [0.25, 0.3) is 0 Å². The molecule has 0 bridgehead atoms. The number of aliphatic hydroxyl groups is 2. The molecular weight excluding hydrogens is 352 g/mol. The van der Waals surface area contributed by atoms with Gasteiger partial charge in [0, 0.05) is 10.6 Å². The van der Waals surface area contributed by atoms with E-state index < -0.39 is 12.1 Å². The van der Waals surface area contributed by atoms with Crippen LogP contribution in [0.25, 0.3) is 21.7 Å². The summed E-state index contributed by atoms with van der Waals surface area (Å²) >= 11 is 0. The molecule has 0 radical (unpaired) electrons. The third-order valence-corrected chi connectivity index (χ3v) is 4.02. The van der Waals surface area contributed by atoms with Crippen molar-refractivity contribution in [2.45, 2.75) is 26.7 Å². The molecule has 0 amide bonds. The summed E-state index contributed by atoms with van der Waals surface area (Å²) in [6.45, 7) is 2.77. The zero-order valence-electron chi connectivity index (χ0n) is 15.2. The molecule has 1 aromatic heterocycles. The molecule has 0 unspecified atom stereocenters. The number of carbonyl (C=O) groups excluding carboxylic acids is 1. The Bertz CT molecular complexity index is 824. The fourth-order valence-corrected chi connectivity index (χ4v) is 2.70. The third-order valence-electron chi connectivity index (χ3n) is 4.02. The Labute approximate surface area is 156 Å². The van der Waals surface area contributed by atoms with Crippen molar-refractivity contribution in [2.75, 3.05) is 19.8 Å². The van der Waals surface area contributed by atoms with Crippen LogP contribution in [0.4, 0.5) is 5.69 Å². The van der Waals surface area contributed by atoms with Crippen molar-refractivity contribution in [1.29, 1.82) is 0 Å². The number of carbonyl (C=O) groups is 1. The van der Waals surface area contributed by atoms with Gasteiger partial charge in [0.15, 0.2) is 0 Å². The highest BCUT2D eigenvalue weighted by molar-refractivity contribution is 6.00. The van der Waals surface area contributed by atoms with E-state index in [1.165, 1.54) is 0 Å². The van der Waals surface area contributed by atoms with Crippen molar-refractivity contribution >= 4 is 11.7 Å². The van der Waals surface area contributed by atoms with E-state index >= 15 is 0 Å². The number of azide groups is 1. The van der Waals surface area contributed by atoms with Crippen LogP contribution in [0.3, 0.4) is 0 Å². The largest absolute Gasteiger partial charge is 0.462 e. The van der Waals surface area contributed by atoms with Gasteiger partial charge in [-0.1, -0.05) is 35.4 Å². The van der Waals surface area contributed by atoms with Crippen LogP contribution in [0.1, 0.15) is 23.0 Å². The molecule has 0 saturated heterocycles. The first kappa shape index (κ1) is 20.5. The smallest absolute Gasteiger partial charge is 0.340 e. The minimum atomic E-state index is -0.774. The fourth-order valence-electron chi connectivity index (χ4n) is 2.70. The van der Waals surface area contributed by atoms with Crippen molar-refractivity contribution < 1.29 is 24.5 Å². The van der Waals surface area contributed by atoms with E-state index in [0.717, 1.165) is 0 Å². The van der Waals surface area contributed by atoms with Crippen molar-refractivity contribution in [2.24, 2.45) is 5.11 Å². The Kier molecular flexibility index (Phi) is 7.39. The van der Waals surface area contributed by atoms with Gasteiger partial charge in [0.05, 0.1) is 36.8 Å². The number of nitrogens with zero attached hydrogens (tertiary/aromatic N) is 4. The molecule has 0 spiro atoms. The second-order valence-electron chi connectivity index (χ2n) is 5.64. The Morgan fingerprint density at radius 1 is 1.30 bits per heavy atom. The normalized spacial score (nSPS) is 10.7. The fraction of sp³-hybridized carbons (Fsp3) is 0.389. The Morgan fingerprint density at radius 2 is 1.96 bits per heavy atom. The zero-order valence-corrected chi connectivity index (χ0v) is 15.2. The number of ether oxygens (including phenoxy) is 2. The molecule has 144 valence electrons. The summed E-state index contributed by atoms with van der Waals surface area (Å²) in [6.07, 6.45) is -0.774. The van der Waals surface area contributed by atoms with E-state index in [2.05, 4.69) is 10.0 Å². The van der Waals surface area contributed by atoms with Crippen molar-refractivity contribution in [3.63, 3.8) is 0 Å². The maximum absolute atomic E-state index is 12.5. The van der Waals surface area contributed by atoms with Gasteiger partial charge in [0.2, 0.25) is 0 Å². The molecule has 9 nitrogen and oxygen atoms in total. The molecule has 2 aromatic rings. The van der Waals surface area contributed by atoms with Crippen LogP contribution in [0.15, 0.2) is 35.4 Å². The van der Waals surface area contributed by atoms with E-state index in [-0.39, 0.29) is 37.8 Å². The topological polar surface area (TPSA) is 130 Å². The summed E-state index contributed by atoms with van der Waals surface area (Å²) in [5, 5.41) is 22.2. The quantitative estimate of drug-likeness (QED) is 0.302. The van der Waals surface area contributed by atoms with Crippen molar-refractivity contribution in [3.8, 4) is 11.3 Å². The first-order valence-electron chi connectivity index (χ1n) is 8.43. The molecule has 1 heterocycles. The van der Waals surface area contributed by atoms with Gasteiger partial charge >= 0.3 is 5.97 Å². The number of aliphatic hydroxyl groups excluding tert-OH is 2. The van der Waals surface area contributed by atoms with Crippen LogP contribution >= 0.6 is 0 Å². The number of aromatic nitrogens is 1. The van der Waals surface area contributed by atoms with Crippen molar-refractivity contribution in [3.05, 3.63) is 52.0 Å². The lowest BCUT2D eigenvalue weighted by atomic mass is 10.1. The first-order chi connectivity index (χ1) is 13.1. The predicted molar refractivity (Wildman–Crippen MR) is 98.4 cm³/mol. The zero-order chi connectivity index (χ0) is 19.8. The van der Waals surface area contributed by atoms with E-state index in [1.807, 2.05) is 30.3 Å². The van der Waals surface area contributed by atoms with Crippen LogP contribution in [-0.4, -0.2) is 46.7 Å². The molecular formula is C18H22N4O5. The highest BCUT2D eigenvalue weighted by Gasteiger charge is 2.26. The summed E-state index contributed by atoms with van der Waals surface area (Å²) in [5.74, 6) is -0.603. The van der Waals surface area contributed by atoms with Gasteiger partial charge in [-0.3, -0.25) is 0 Å². The van der Waals surface area contributed by atoms with Crippen LogP contribution in [-0.2, 0) is 16.2 Å². The lowest BCUT2D eigenvalue weighted by Crippen LogP contribution is -2.24. The Balaban J connectivity index is 2.66. The summed E-state index contributed by atoms with van der Waals surface area (Å²) in [6, 6.07) is 9.10. The highest BCUT2D eigenvalue weighted by Crippen LogP contribution is 2.39. The molecule has 2 rings (SSSR count). The number of rotatable bonds is 9. The average molecular weight is 374 g/mol. The van der Waals surface area contributed by atoms with Gasteiger partial charge in [0.1, 0.15) is 12.8 Å². The molecule has 2 N–H and O–H groups in total. The van der Waals surface area contributed by atoms with Crippen LogP contribution in [0.5, 0.6) is 0 Å². The lowest BCUT2D eigenvalue weighted by molar-refractivity contribution is -0.0498. The van der Waals surface area contributed by atoms with Gasteiger partial charge in [-0.2, -0.15) is 0 Å². The molecule has 0 aliphatic heterocycles. The van der Waals surface area contributed by atoms with Gasteiger partial charge in [-0.05, 0) is 24.9 Å². The second-order valence-corrected chi connectivity index (χ2v) is 5.64. The summed E-state index contributed by atoms with van der Waals surface area (Å²) in [5.41, 5.74) is 11.0. The van der Waals surface area contributed by atoms with Crippen molar-refractivity contribution in [1.82, 2.24) is 4.57 Å². The molecule has 1 aromatic carbocycles. The van der Waals surface area contributed by atoms with E-state index in [4.69, 9.17) is 15.0 Å². The third kappa shape index (κ3) is 4.47. The number of benzene rings is 1. The van der Waals surface area contributed by atoms with Gasteiger partial charge in [-0.15, -0.1) is 0 Å². The van der Waals surface area contributed by atoms with E-state index in [1.54, 1.807) is 18.4 Å². The van der Waals surface area contributed by atoms with Gasteiger partial charge < -0.3 is 24.3 Å². The summed E-state index contributed by atoms with van der Waals surface area (Å²) in [7, 11) is 0. The maximum Gasteiger partial charge on any atom is 0.340 e. The first-order valence-corrected chi connectivity index (χ1v) is 8.43. The van der Waals surface area contributed by atoms with E-state index in [0.29, 0.717) is 17.0 Å². The molecule has 0 fully saturated rings. The van der Waals surface area contributed by atoms with Crippen LogP contribution in [0.2, 0.25) is 0 Å². The lowest BCUT2D eigenvalue weighted by Gasteiger charge is -2.17. The highest BCUT2D eigenvalue weighted by atomic mass is 16.5. The predicted octanol–water partition coefficient (Wildman–Crippen LogP) is 2.91. The summed E-state index contributed by atoms with van der Waals surface area (Å²) < 4.78 is 12.3. The number of hydrogen-bond acceptors (Lipinski definition) is 6. The Hall–Kier alpha value is -2.84. The summed E-state index contributed by atoms with van der Waals surface area (Å²) in [4.78, 5) is 15.3. The minimum absolute atomic E-state index is 0.0603. The van der Waals surface area contributed by atoms with Gasteiger partial charge in [-0.25, -0.2) is 4.79 Å². The maximum atomic E-state index is 12.5. The Morgan fingerprint density at radius 3 is 2.52 bits per heavy atom. The number of hydrogen-bond donors (Lipinski definition) is 2. The van der Waals surface area contributed by atoms with Crippen LogP contribution in [0, 0.1) is 6.92 Å². The molecule has 0 aliphatic rings. The second kappa shape index (κ2) is 9.75. The minimum Gasteiger partial charge on any atom is -0.462 e. The molecule has 27 heavy (non-hydrogen) atoms.